The van der Waals surface area contributed by atoms with E-state index in [9.17, 15) is 22.4 Å². The maximum absolute atomic E-state index is 13.5. The van der Waals surface area contributed by atoms with Crippen molar-refractivity contribution in [3.05, 3.63) is 77.2 Å². The van der Waals surface area contributed by atoms with Gasteiger partial charge in [0.1, 0.15) is 23.0 Å². The van der Waals surface area contributed by atoms with Gasteiger partial charge >= 0.3 is 6.18 Å². The number of ether oxygens (including phenoxy) is 1. The third-order valence-corrected chi connectivity index (χ3v) is 6.72. The lowest BCUT2D eigenvalue weighted by Crippen LogP contribution is -2.34. The zero-order chi connectivity index (χ0) is 27.9. The first-order chi connectivity index (χ1) is 18.5. The molecule has 2 aromatic carbocycles. The average Bonchev–Trinajstić information content (AvgIpc) is 3.23. The van der Waals surface area contributed by atoms with E-state index in [1.807, 2.05) is 31.0 Å². The molecule has 0 saturated carbocycles. The minimum absolute atomic E-state index is 0.103. The summed E-state index contributed by atoms with van der Waals surface area (Å²) in [5.74, 6) is -0.314. The molecule has 0 saturated heterocycles. The highest BCUT2D eigenvalue weighted by molar-refractivity contribution is 6.11. The molecular formula is C28H26F4N4O3. The van der Waals surface area contributed by atoms with E-state index in [1.165, 1.54) is 19.2 Å². The molecule has 0 bridgehead atoms. The topological polar surface area (TPSA) is 79.6 Å². The van der Waals surface area contributed by atoms with Crippen molar-refractivity contribution >= 4 is 28.4 Å². The number of pyridine rings is 1. The molecule has 4 aromatic rings. The number of fused-ring (bicyclic) bond motifs is 2. The van der Waals surface area contributed by atoms with Crippen LogP contribution in [0.2, 0.25) is 0 Å². The van der Waals surface area contributed by atoms with Crippen LogP contribution < -0.4 is 15.5 Å². The van der Waals surface area contributed by atoms with Gasteiger partial charge in [-0.1, -0.05) is 0 Å². The van der Waals surface area contributed by atoms with Gasteiger partial charge in [0.15, 0.2) is 0 Å². The van der Waals surface area contributed by atoms with Crippen LogP contribution in [0.4, 0.5) is 29.1 Å². The highest BCUT2D eigenvalue weighted by atomic mass is 19.4. The highest BCUT2D eigenvalue weighted by Crippen LogP contribution is 2.41. The number of anilines is 2. The van der Waals surface area contributed by atoms with Gasteiger partial charge in [-0.05, 0) is 49.4 Å². The normalized spacial score (nSPS) is 17.6. The molecule has 0 radical (unpaired) electrons. The molecule has 7 nitrogen and oxygen atoms in total. The molecule has 3 heterocycles. The van der Waals surface area contributed by atoms with E-state index in [-0.39, 0.29) is 24.4 Å². The number of hydrogen-bond donors (Lipinski definition) is 2. The van der Waals surface area contributed by atoms with Gasteiger partial charge in [0.2, 0.25) is 0 Å². The molecule has 0 unspecified atom stereocenters. The number of carbonyl (C=O) groups is 1. The molecule has 39 heavy (non-hydrogen) atoms. The predicted octanol–water partition coefficient (Wildman–Crippen LogP) is 6.02. The fourth-order valence-corrected chi connectivity index (χ4v) is 4.80. The Morgan fingerprint density at radius 2 is 1.90 bits per heavy atom. The summed E-state index contributed by atoms with van der Waals surface area (Å²) in [5, 5.41) is 6.18. The molecule has 0 fully saturated rings. The quantitative estimate of drug-likeness (QED) is 0.300. The van der Waals surface area contributed by atoms with Gasteiger partial charge in [0.25, 0.3) is 5.91 Å². The second kappa shape index (κ2) is 10.2. The van der Waals surface area contributed by atoms with E-state index < -0.39 is 23.7 Å². The first kappa shape index (κ1) is 26.5. The summed E-state index contributed by atoms with van der Waals surface area (Å²) in [6.07, 6.45) is -4.14. The number of amides is 1. The summed E-state index contributed by atoms with van der Waals surface area (Å²) in [5.41, 5.74) is 2.24. The van der Waals surface area contributed by atoms with Crippen molar-refractivity contribution in [3.8, 4) is 11.3 Å². The smallest absolute Gasteiger partial charge is 0.416 e. The van der Waals surface area contributed by atoms with Crippen LogP contribution in [0.3, 0.4) is 0 Å². The number of carbonyl (C=O) groups excluding carboxylic acids is 1. The first-order valence-electron chi connectivity index (χ1n) is 12.3. The second-order valence-electron chi connectivity index (χ2n) is 9.39. The van der Waals surface area contributed by atoms with Crippen LogP contribution >= 0.6 is 0 Å². The summed E-state index contributed by atoms with van der Waals surface area (Å²) >= 11 is 0. The molecule has 0 aliphatic carbocycles. The Balaban J connectivity index is 1.45. The van der Waals surface area contributed by atoms with Gasteiger partial charge in [-0.3, -0.25) is 4.79 Å². The van der Waals surface area contributed by atoms with Crippen LogP contribution in [-0.2, 0) is 10.9 Å². The van der Waals surface area contributed by atoms with Crippen molar-refractivity contribution in [2.75, 3.05) is 37.4 Å². The molecule has 11 heteroatoms. The molecule has 0 spiro atoms. The van der Waals surface area contributed by atoms with E-state index in [4.69, 9.17) is 9.15 Å². The zero-order valence-corrected chi connectivity index (χ0v) is 21.4. The number of nitrogens with one attached hydrogen (secondary N) is 2. The van der Waals surface area contributed by atoms with Crippen molar-refractivity contribution < 1.29 is 31.5 Å². The Morgan fingerprint density at radius 1 is 1.15 bits per heavy atom. The number of likely N-dealkylation sites (N-methyl/N-ethyl adjacent to an activating group) is 1. The molecule has 2 aromatic heterocycles. The van der Waals surface area contributed by atoms with Crippen LogP contribution in [-0.4, -0.2) is 44.2 Å². The summed E-state index contributed by atoms with van der Waals surface area (Å²) in [6.45, 7) is 2.54. The van der Waals surface area contributed by atoms with Crippen molar-refractivity contribution in [1.82, 2.24) is 10.3 Å². The summed E-state index contributed by atoms with van der Waals surface area (Å²) in [4.78, 5) is 18.9. The van der Waals surface area contributed by atoms with Crippen LogP contribution in [0.25, 0.3) is 22.3 Å². The van der Waals surface area contributed by atoms with Gasteiger partial charge in [0, 0.05) is 61.6 Å². The van der Waals surface area contributed by atoms with Gasteiger partial charge in [-0.15, -0.1) is 0 Å². The van der Waals surface area contributed by atoms with Crippen LogP contribution in [0.1, 0.15) is 34.5 Å². The van der Waals surface area contributed by atoms with Crippen molar-refractivity contribution in [2.24, 2.45) is 0 Å². The molecule has 1 aliphatic heterocycles. The zero-order valence-electron chi connectivity index (χ0n) is 21.4. The third-order valence-electron chi connectivity index (χ3n) is 6.72. The minimum atomic E-state index is -4.46. The number of alkyl halides is 3. The van der Waals surface area contributed by atoms with Crippen LogP contribution in [0.5, 0.6) is 0 Å². The summed E-state index contributed by atoms with van der Waals surface area (Å²) < 4.78 is 65.2. The fourth-order valence-electron chi connectivity index (χ4n) is 4.80. The van der Waals surface area contributed by atoms with E-state index in [2.05, 4.69) is 15.6 Å². The predicted molar refractivity (Wildman–Crippen MR) is 139 cm³/mol. The Hall–Kier alpha value is -4.12. The number of rotatable bonds is 5. The Morgan fingerprint density at radius 3 is 2.59 bits per heavy atom. The lowest BCUT2D eigenvalue weighted by atomic mass is 10.00. The van der Waals surface area contributed by atoms with E-state index >= 15 is 0 Å². The van der Waals surface area contributed by atoms with Crippen LogP contribution in [0.15, 0.2) is 59.1 Å². The number of nitrogens with zero attached hydrogens (tertiary/aromatic N) is 2. The maximum atomic E-state index is 13.5. The summed E-state index contributed by atoms with van der Waals surface area (Å²) in [6, 6.07) is 11.3. The number of halogens is 4. The van der Waals surface area contributed by atoms with E-state index in [1.54, 1.807) is 12.1 Å². The molecule has 5 rings (SSSR count). The second-order valence-corrected chi connectivity index (χ2v) is 9.39. The molecule has 1 aliphatic rings. The lowest BCUT2D eigenvalue weighted by Gasteiger charge is -2.23. The first-order valence-corrected chi connectivity index (χ1v) is 12.3. The lowest BCUT2D eigenvalue weighted by molar-refractivity contribution is -0.137. The van der Waals surface area contributed by atoms with Gasteiger partial charge < -0.3 is 24.7 Å². The van der Waals surface area contributed by atoms with Crippen molar-refractivity contribution in [1.29, 1.82) is 0 Å². The summed E-state index contributed by atoms with van der Waals surface area (Å²) in [7, 11) is 3.40. The molecule has 2 atom stereocenters. The molecule has 1 amide bonds. The molecule has 204 valence electrons. The SMILES string of the molecule is CNC(=O)c1c(-c2ccc(F)cc2)oc2cc3c(cc12)[C@H](C)O[C@H](CNc1cc(C(F)(F)F)ccn1)CN3C. The monoisotopic (exact) mass is 542 g/mol. The number of hydrogen-bond acceptors (Lipinski definition) is 6. The standard InChI is InChI=1S/C28H26F4N4O3/c1-15-20-11-21-23(39-26(25(21)27(37)33-2)16-4-6-18(29)7-5-16)12-22(20)36(3)14-19(38-15)13-35-24-10-17(8-9-34-24)28(30,31)32/h4-12,15,19H,13-14H2,1-3H3,(H,33,37)(H,34,35)/t15-,19+/m0/s1. The maximum Gasteiger partial charge on any atom is 0.416 e. The number of furan rings is 1. The Labute approximate surface area is 221 Å². The molecular weight excluding hydrogens is 516 g/mol. The Bertz CT molecular complexity index is 1520. The number of aromatic nitrogens is 1. The highest BCUT2D eigenvalue weighted by Gasteiger charge is 2.32. The van der Waals surface area contributed by atoms with Crippen LogP contribution in [0, 0.1) is 5.82 Å². The molecule has 2 N–H and O–H groups in total. The van der Waals surface area contributed by atoms with Crippen molar-refractivity contribution in [2.45, 2.75) is 25.3 Å². The van der Waals surface area contributed by atoms with Crippen molar-refractivity contribution in [3.63, 3.8) is 0 Å². The Kier molecular flexibility index (Phi) is 6.94. The fraction of sp³-hybridized carbons (Fsp3) is 0.286. The largest absolute Gasteiger partial charge is 0.455 e. The van der Waals surface area contributed by atoms with E-state index in [0.717, 1.165) is 29.6 Å². The average molecular weight is 543 g/mol. The third kappa shape index (κ3) is 5.26. The van der Waals surface area contributed by atoms with Gasteiger partial charge in [0.05, 0.1) is 23.3 Å². The van der Waals surface area contributed by atoms with Gasteiger partial charge in [-0.2, -0.15) is 13.2 Å². The number of benzene rings is 2. The van der Waals surface area contributed by atoms with Gasteiger partial charge in [-0.25, -0.2) is 9.37 Å². The minimum Gasteiger partial charge on any atom is -0.455 e. The van der Waals surface area contributed by atoms with E-state index in [0.29, 0.717) is 34.4 Å².